The van der Waals surface area contributed by atoms with Gasteiger partial charge in [-0.15, -0.1) is 5.10 Å². The average Bonchev–Trinajstić information content (AvgIpc) is 3.50. The number of nitrogens with one attached hydrogen (secondary N) is 1. The van der Waals surface area contributed by atoms with Crippen molar-refractivity contribution in [2.75, 3.05) is 0 Å². The number of hydrogen-bond acceptors (Lipinski definition) is 5. The van der Waals surface area contributed by atoms with Crippen LogP contribution in [0.4, 0.5) is 0 Å². The summed E-state index contributed by atoms with van der Waals surface area (Å²) in [6, 6.07) is 16.3. The van der Waals surface area contributed by atoms with Crippen molar-refractivity contribution in [1.29, 1.82) is 0 Å². The summed E-state index contributed by atoms with van der Waals surface area (Å²) >= 11 is 0. The Balaban J connectivity index is 1.49. The van der Waals surface area contributed by atoms with Crippen LogP contribution in [0.15, 0.2) is 71.9 Å². The molecule has 5 aromatic rings. The lowest BCUT2D eigenvalue weighted by Crippen LogP contribution is -2.25. The van der Waals surface area contributed by atoms with Crippen molar-refractivity contribution in [2.45, 2.75) is 40.2 Å². The van der Waals surface area contributed by atoms with Gasteiger partial charge in [0, 0.05) is 29.8 Å². The van der Waals surface area contributed by atoms with E-state index in [9.17, 15) is 4.79 Å². The van der Waals surface area contributed by atoms with Gasteiger partial charge in [-0.3, -0.25) is 14.1 Å². The van der Waals surface area contributed by atoms with Crippen LogP contribution < -0.4 is 5.69 Å². The molecule has 0 spiro atoms. The van der Waals surface area contributed by atoms with Gasteiger partial charge in [-0.25, -0.2) is 9.89 Å². The number of benzene rings is 2. The zero-order chi connectivity index (χ0) is 24.4. The number of pyridine rings is 1. The minimum absolute atomic E-state index is 0.0100. The molecule has 0 bridgehead atoms. The maximum atomic E-state index is 13.5. The number of aromatic nitrogens is 7. The van der Waals surface area contributed by atoms with Gasteiger partial charge in [0.05, 0.1) is 12.2 Å². The third kappa shape index (κ3) is 4.30. The average molecular weight is 466 g/mol. The molecule has 3 aromatic heterocycles. The molecule has 3 heterocycles. The predicted molar refractivity (Wildman–Crippen MR) is 135 cm³/mol. The van der Waals surface area contributed by atoms with Crippen molar-refractivity contribution >= 4 is 0 Å². The molecule has 0 saturated heterocycles. The quantitative estimate of drug-likeness (QED) is 0.382. The highest BCUT2D eigenvalue weighted by atomic mass is 16.1. The fourth-order valence-corrected chi connectivity index (χ4v) is 4.58. The number of tetrazole rings is 1. The summed E-state index contributed by atoms with van der Waals surface area (Å²) in [6.07, 6.45) is 7.32. The fourth-order valence-electron chi connectivity index (χ4n) is 4.58. The lowest BCUT2D eigenvalue weighted by Gasteiger charge is -2.10. The minimum atomic E-state index is -0.0100. The Morgan fingerprint density at radius 1 is 0.971 bits per heavy atom. The number of nitrogens with zero attached hydrogens (tertiary/aromatic N) is 6. The van der Waals surface area contributed by atoms with Crippen LogP contribution in [-0.2, 0) is 13.0 Å². The molecule has 0 unspecified atom stereocenters. The van der Waals surface area contributed by atoms with Gasteiger partial charge in [0.15, 0.2) is 5.82 Å². The molecular weight excluding hydrogens is 438 g/mol. The molecule has 0 saturated carbocycles. The molecule has 0 amide bonds. The van der Waals surface area contributed by atoms with Crippen LogP contribution in [0.3, 0.4) is 0 Å². The van der Waals surface area contributed by atoms with E-state index in [2.05, 4.69) is 56.8 Å². The second kappa shape index (κ2) is 9.50. The monoisotopic (exact) mass is 465 g/mol. The van der Waals surface area contributed by atoms with Crippen LogP contribution in [0.2, 0.25) is 0 Å². The molecule has 2 aromatic carbocycles. The molecule has 35 heavy (non-hydrogen) atoms. The van der Waals surface area contributed by atoms with Crippen molar-refractivity contribution in [3.63, 3.8) is 0 Å². The first-order valence-corrected chi connectivity index (χ1v) is 11.7. The first-order chi connectivity index (χ1) is 17.1. The molecule has 0 atom stereocenters. The van der Waals surface area contributed by atoms with E-state index < -0.39 is 0 Å². The lowest BCUT2D eigenvalue weighted by molar-refractivity contribution is 0.691. The molecule has 176 valence electrons. The van der Waals surface area contributed by atoms with Crippen molar-refractivity contribution in [3.05, 3.63) is 100.0 Å². The van der Waals surface area contributed by atoms with E-state index in [1.165, 1.54) is 0 Å². The summed E-state index contributed by atoms with van der Waals surface area (Å²) in [4.78, 5) is 17.8. The topological polar surface area (TPSA) is 94.3 Å². The van der Waals surface area contributed by atoms with E-state index in [1.807, 2.05) is 48.9 Å². The van der Waals surface area contributed by atoms with E-state index in [4.69, 9.17) is 0 Å². The molecular formula is C27H27N7O. The number of aryl methyl sites for hydroxylation is 3. The molecule has 0 aliphatic heterocycles. The van der Waals surface area contributed by atoms with E-state index in [-0.39, 0.29) is 5.69 Å². The summed E-state index contributed by atoms with van der Waals surface area (Å²) in [7, 11) is 0. The second-order valence-corrected chi connectivity index (χ2v) is 8.72. The molecule has 8 nitrogen and oxygen atoms in total. The summed E-state index contributed by atoms with van der Waals surface area (Å²) in [5, 5.41) is 14.2. The van der Waals surface area contributed by atoms with E-state index >= 15 is 0 Å². The molecule has 0 aliphatic carbocycles. The van der Waals surface area contributed by atoms with Crippen LogP contribution in [0, 0.1) is 13.8 Å². The van der Waals surface area contributed by atoms with Crippen molar-refractivity contribution < 1.29 is 0 Å². The highest BCUT2D eigenvalue weighted by Gasteiger charge is 2.16. The highest BCUT2D eigenvalue weighted by Crippen LogP contribution is 2.29. The Morgan fingerprint density at radius 3 is 2.43 bits per heavy atom. The van der Waals surface area contributed by atoms with Crippen LogP contribution in [-0.4, -0.2) is 34.7 Å². The molecule has 0 radical (unpaired) electrons. The summed E-state index contributed by atoms with van der Waals surface area (Å²) in [5.74, 6) is 0.570. The fraction of sp³-hybridized carbons (Fsp3) is 0.222. The van der Waals surface area contributed by atoms with Crippen molar-refractivity contribution in [3.8, 4) is 28.2 Å². The molecule has 5 rings (SSSR count). The third-order valence-electron chi connectivity index (χ3n) is 6.28. The number of para-hydroxylation sites is 1. The largest absolute Gasteiger partial charge is 0.333 e. The van der Waals surface area contributed by atoms with Gasteiger partial charge < -0.3 is 0 Å². The number of rotatable bonds is 7. The maximum Gasteiger partial charge on any atom is 0.333 e. The zero-order valence-corrected chi connectivity index (χ0v) is 20.1. The Labute approximate surface area is 203 Å². The number of H-pyrrole nitrogens is 1. The summed E-state index contributed by atoms with van der Waals surface area (Å²) in [6.45, 7) is 6.75. The Hall–Kier alpha value is -4.33. The smallest absolute Gasteiger partial charge is 0.292 e. The third-order valence-corrected chi connectivity index (χ3v) is 6.28. The van der Waals surface area contributed by atoms with Gasteiger partial charge in [-0.05, 0) is 64.6 Å². The first-order valence-electron chi connectivity index (χ1n) is 11.7. The number of imidazole rings is 1. The number of hydrogen-bond donors (Lipinski definition) is 1. The second-order valence-electron chi connectivity index (χ2n) is 8.72. The van der Waals surface area contributed by atoms with Gasteiger partial charge in [0.1, 0.15) is 0 Å². The molecule has 1 N–H and O–H groups in total. The van der Waals surface area contributed by atoms with Gasteiger partial charge in [-0.1, -0.05) is 55.8 Å². The van der Waals surface area contributed by atoms with Crippen molar-refractivity contribution in [1.82, 2.24) is 34.7 Å². The normalized spacial score (nSPS) is 11.2. The number of aromatic amines is 1. The van der Waals surface area contributed by atoms with Gasteiger partial charge >= 0.3 is 5.69 Å². The van der Waals surface area contributed by atoms with Gasteiger partial charge in [-0.2, -0.15) is 0 Å². The summed E-state index contributed by atoms with van der Waals surface area (Å²) < 4.78 is 3.70. The first kappa shape index (κ1) is 22.5. The minimum Gasteiger partial charge on any atom is -0.292 e. The van der Waals surface area contributed by atoms with E-state index in [0.29, 0.717) is 12.4 Å². The highest BCUT2D eigenvalue weighted by molar-refractivity contribution is 5.79. The Bertz CT molecular complexity index is 1490. The molecule has 0 fully saturated rings. The lowest BCUT2D eigenvalue weighted by atomic mass is 10.00. The van der Waals surface area contributed by atoms with Gasteiger partial charge in [0.25, 0.3) is 0 Å². The van der Waals surface area contributed by atoms with Crippen LogP contribution in [0.1, 0.15) is 35.7 Å². The summed E-state index contributed by atoms with van der Waals surface area (Å²) in [5.41, 5.74) is 8.07. The maximum absolute atomic E-state index is 13.5. The van der Waals surface area contributed by atoms with Crippen molar-refractivity contribution in [2.24, 2.45) is 0 Å². The Morgan fingerprint density at radius 2 is 1.74 bits per heavy atom. The van der Waals surface area contributed by atoms with E-state index in [0.717, 1.165) is 57.6 Å². The molecule has 0 aliphatic rings. The van der Waals surface area contributed by atoms with Crippen LogP contribution >= 0.6 is 0 Å². The van der Waals surface area contributed by atoms with E-state index in [1.54, 1.807) is 17.0 Å². The standard InChI is InChI=1S/C27H27N7O/c1-4-6-22-17-34(25-18(2)7-5-8-19(25)3)27(35)33(22)16-20-9-11-21(12-10-20)23-13-14-28-15-24(23)26-29-31-32-30-26/h5,7-15,17H,4,6,16H2,1-3H3,(H,29,30,31,32). The SMILES string of the molecule is CCCc1cn(-c2c(C)cccc2C)c(=O)n1Cc1ccc(-c2ccncc2-c2nnn[nH]2)cc1. The zero-order valence-electron chi connectivity index (χ0n) is 20.1. The molecule has 8 heteroatoms. The van der Waals surface area contributed by atoms with Crippen LogP contribution in [0.5, 0.6) is 0 Å². The van der Waals surface area contributed by atoms with Crippen LogP contribution in [0.25, 0.3) is 28.2 Å². The Kier molecular flexibility index (Phi) is 6.10. The van der Waals surface area contributed by atoms with Gasteiger partial charge in [0.2, 0.25) is 0 Å². The predicted octanol–water partition coefficient (Wildman–Crippen LogP) is 4.50.